The van der Waals surface area contributed by atoms with Crippen molar-refractivity contribution in [1.29, 1.82) is 0 Å². The number of rotatable bonds is 6. The van der Waals surface area contributed by atoms with Gasteiger partial charge >= 0.3 is 6.09 Å². The summed E-state index contributed by atoms with van der Waals surface area (Å²) in [7, 11) is 0. The van der Waals surface area contributed by atoms with Gasteiger partial charge in [0.25, 0.3) is 0 Å². The third-order valence-corrected chi connectivity index (χ3v) is 3.70. The normalized spacial score (nSPS) is 15.5. The van der Waals surface area contributed by atoms with Crippen molar-refractivity contribution in [3.05, 3.63) is 11.8 Å². The van der Waals surface area contributed by atoms with E-state index in [4.69, 9.17) is 9.26 Å². The van der Waals surface area contributed by atoms with Crippen LogP contribution in [0, 0.1) is 6.92 Å². The third kappa shape index (κ3) is 5.55. The molecule has 1 aromatic rings. The molecule has 1 fully saturated rings. The van der Waals surface area contributed by atoms with Gasteiger partial charge < -0.3 is 24.8 Å². The molecule has 8 heteroatoms. The second-order valence-corrected chi connectivity index (χ2v) is 5.54. The van der Waals surface area contributed by atoms with Crippen molar-refractivity contribution in [3.63, 3.8) is 0 Å². The Kier molecular flexibility index (Phi) is 6.40. The zero-order chi connectivity index (χ0) is 16.7. The summed E-state index contributed by atoms with van der Waals surface area (Å²) in [6.07, 6.45) is 1.85. The molecule has 0 aromatic carbocycles. The summed E-state index contributed by atoms with van der Waals surface area (Å²) >= 11 is 0. The Morgan fingerprint density at radius 3 is 2.78 bits per heavy atom. The van der Waals surface area contributed by atoms with Crippen molar-refractivity contribution in [3.8, 4) is 0 Å². The molecule has 2 N–H and O–H groups in total. The van der Waals surface area contributed by atoms with E-state index < -0.39 is 0 Å². The van der Waals surface area contributed by atoms with Gasteiger partial charge in [-0.1, -0.05) is 5.16 Å². The Balaban J connectivity index is 1.60. The van der Waals surface area contributed by atoms with Crippen LogP contribution in [-0.2, 0) is 9.53 Å². The van der Waals surface area contributed by atoms with Crippen molar-refractivity contribution in [2.45, 2.75) is 39.2 Å². The molecular weight excluding hydrogens is 300 g/mol. The van der Waals surface area contributed by atoms with Crippen LogP contribution < -0.4 is 10.6 Å². The summed E-state index contributed by atoms with van der Waals surface area (Å²) in [5.74, 6) is 0.997. The van der Waals surface area contributed by atoms with Gasteiger partial charge in [0.1, 0.15) is 5.76 Å². The number of aromatic nitrogens is 1. The zero-order valence-corrected chi connectivity index (χ0v) is 13.6. The first-order valence-electron chi connectivity index (χ1n) is 7.96. The first-order chi connectivity index (χ1) is 11.1. The Hall–Kier alpha value is -2.09. The second-order valence-electron chi connectivity index (χ2n) is 5.54. The number of hydrogen-bond donors (Lipinski definition) is 2. The average Bonchev–Trinajstić information content (AvgIpc) is 2.93. The Bertz CT molecular complexity index is 523. The average molecular weight is 324 g/mol. The van der Waals surface area contributed by atoms with E-state index in [-0.39, 0.29) is 12.0 Å². The maximum absolute atomic E-state index is 11.8. The number of amides is 2. The van der Waals surface area contributed by atoms with E-state index in [0.29, 0.717) is 50.3 Å². The number of carbonyl (C=O) groups is 2. The fourth-order valence-electron chi connectivity index (χ4n) is 2.50. The molecule has 0 radical (unpaired) electrons. The maximum atomic E-state index is 11.8. The molecule has 2 heterocycles. The molecule has 0 spiro atoms. The number of carbonyl (C=O) groups excluding carboxylic acids is 2. The Morgan fingerprint density at radius 2 is 2.17 bits per heavy atom. The molecule has 1 aromatic heterocycles. The highest BCUT2D eigenvalue weighted by Gasteiger charge is 2.23. The number of nitrogens with zero attached hydrogens (tertiary/aromatic N) is 2. The third-order valence-electron chi connectivity index (χ3n) is 3.70. The van der Waals surface area contributed by atoms with Gasteiger partial charge in [-0.3, -0.25) is 4.79 Å². The zero-order valence-electron chi connectivity index (χ0n) is 13.6. The largest absolute Gasteiger partial charge is 0.450 e. The van der Waals surface area contributed by atoms with Crippen LogP contribution in [0.25, 0.3) is 0 Å². The van der Waals surface area contributed by atoms with Crippen LogP contribution in [0.1, 0.15) is 31.9 Å². The highest BCUT2D eigenvalue weighted by Crippen LogP contribution is 2.12. The van der Waals surface area contributed by atoms with Crippen molar-refractivity contribution in [1.82, 2.24) is 15.4 Å². The molecule has 0 unspecified atom stereocenters. The van der Waals surface area contributed by atoms with Crippen LogP contribution in [-0.4, -0.2) is 54.3 Å². The smallest absolute Gasteiger partial charge is 0.409 e. The lowest BCUT2D eigenvalue weighted by Crippen LogP contribution is -2.45. The summed E-state index contributed by atoms with van der Waals surface area (Å²) in [6, 6.07) is 2.00. The predicted molar refractivity (Wildman–Crippen MR) is 84.1 cm³/mol. The molecule has 2 rings (SSSR count). The summed E-state index contributed by atoms with van der Waals surface area (Å²) in [5, 5.41) is 9.75. The summed E-state index contributed by atoms with van der Waals surface area (Å²) in [6.45, 7) is 5.93. The maximum Gasteiger partial charge on any atom is 0.409 e. The predicted octanol–water partition coefficient (Wildman–Crippen LogP) is 1.52. The number of aryl methyl sites for hydroxylation is 1. The van der Waals surface area contributed by atoms with E-state index in [9.17, 15) is 9.59 Å². The van der Waals surface area contributed by atoms with Crippen LogP contribution in [0.15, 0.2) is 10.6 Å². The molecule has 0 aliphatic carbocycles. The summed E-state index contributed by atoms with van der Waals surface area (Å²) in [4.78, 5) is 25.1. The van der Waals surface area contributed by atoms with E-state index in [0.717, 1.165) is 12.8 Å². The molecule has 1 saturated heterocycles. The lowest BCUT2D eigenvalue weighted by Gasteiger charge is -2.31. The lowest BCUT2D eigenvalue weighted by atomic mass is 10.1. The van der Waals surface area contributed by atoms with E-state index in [2.05, 4.69) is 15.8 Å². The van der Waals surface area contributed by atoms with Gasteiger partial charge in [-0.2, -0.15) is 0 Å². The highest BCUT2D eigenvalue weighted by atomic mass is 16.6. The first kappa shape index (κ1) is 17.3. The summed E-state index contributed by atoms with van der Waals surface area (Å²) < 4.78 is 9.88. The fourth-order valence-corrected chi connectivity index (χ4v) is 2.50. The van der Waals surface area contributed by atoms with Crippen molar-refractivity contribution in [2.75, 3.05) is 31.6 Å². The molecule has 2 amide bonds. The van der Waals surface area contributed by atoms with Gasteiger partial charge in [0.05, 0.1) is 6.61 Å². The molecule has 0 saturated carbocycles. The quantitative estimate of drug-likeness (QED) is 0.823. The molecule has 128 valence electrons. The van der Waals surface area contributed by atoms with Crippen LogP contribution in [0.3, 0.4) is 0 Å². The van der Waals surface area contributed by atoms with Gasteiger partial charge in [0.2, 0.25) is 5.91 Å². The van der Waals surface area contributed by atoms with Gasteiger partial charge in [-0.15, -0.1) is 0 Å². The van der Waals surface area contributed by atoms with E-state index in [1.807, 2.05) is 0 Å². The van der Waals surface area contributed by atoms with Gasteiger partial charge in [-0.05, 0) is 26.7 Å². The first-order valence-corrected chi connectivity index (χ1v) is 7.96. The molecule has 0 atom stereocenters. The number of piperidine rings is 1. The van der Waals surface area contributed by atoms with Gasteiger partial charge in [0.15, 0.2) is 5.82 Å². The molecule has 1 aliphatic heterocycles. The van der Waals surface area contributed by atoms with Crippen LogP contribution in [0.5, 0.6) is 0 Å². The second kappa shape index (κ2) is 8.52. The number of likely N-dealkylation sites (tertiary alicyclic amines) is 1. The summed E-state index contributed by atoms with van der Waals surface area (Å²) in [5.41, 5.74) is 0. The number of ether oxygens (including phenoxy) is 1. The minimum atomic E-state index is -0.242. The van der Waals surface area contributed by atoms with Crippen molar-refractivity contribution < 1.29 is 18.8 Å². The topological polar surface area (TPSA) is 96.7 Å². The number of nitrogens with one attached hydrogen (secondary N) is 2. The van der Waals surface area contributed by atoms with Gasteiger partial charge in [-0.25, -0.2) is 4.79 Å². The molecule has 1 aliphatic rings. The minimum absolute atomic E-state index is 0.102. The van der Waals surface area contributed by atoms with E-state index in [1.165, 1.54) is 0 Å². The Labute approximate surface area is 135 Å². The molecule has 23 heavy (non-hydrogen) atoms. The van der Waals surface area contributed by atoms with Crippen LogP contribution >= 0.6 is 0 Å². The Morgan fingerprint density at radius 1 is 1.43 bits per heavy atom. The lowest BCUT2D eigenvalue weighted by molar-refractivity contribution is -0.116. The van der Waals surface area contributed by atoms with Crippen LogP contribution in [0.2, 0.25) is 0 Å². The highest BCUT2D eigenvalue weighted by molar-refractivity contribution is 5.89. The standard InChI is InChI=1S/C15H24N4O4/c1-3-22-15(21)19-8-5-12(6-9-19)16-7-4-14(20)17-13-10-11(2)23-18-13/h10,12,16H,3-9H2,1-2H3,(H,17,18,20). The number of anilines is 1. The van der Waals surface area contributed by atoms with Gasteiger partial charge in [0, 0.05) is 38.2 Å². The molecule has 0 bridgehead atoms. The fraction of sp³-hybridized carbons (Fsp3) is 0.667. The van der Waals surface area contributed by atoms with Crippen LogP contribution in [0.4, 0.5) is 10.6 Å². The van der Waals surface area contributed by atoms with Crippen molar-refractivity contribution >= 4 is 17.8 Å². The SMILES string of the molecule is CCOC(=O)N1CCC(NCCC(=O)Nc2cc(C)on2)CC1. The minimum Gasteiger partial charge on any atom is -0.450 e. The molecule has 8 nitrogen and oxygen atoms in total. The monoisotopic (exact) mass is 324 g/mol. The molecular formula is C15H24N4O4. The number of hydrogen-bond acceptors (Lipinski definition) is 6. The van der Waals surface area contributed by atoms with Crippen molar-refractivity contribution in [2.24, 2.45) is 0 Å². The van der Waals surface area contributed by atoms with E-state index >= 15 is 0 Å². The van der Waals surface area contributed by atoms with E-state index in [1.54, 1.807) is 24.8 Å².